The van der Waals surface area contributed by atoms with Gasteiger partial charge in [-0.05, 0) is 17.6 Å². The maximum Gasteiger partial charge on any atom is 0.220 e. The van der Waals surface area contributed by atoms with Crippen LogP contribution in [0.3, 0.4) is 0 Å². The fraction of sp³-hybridized carbons (Fsp3) is 0.917. The molecule has 0 saturated carbocycles. The lowest BCUT2D eigenvalue weighted by molar-refractivity contribution is -0.124. The number of amides is 1. The zero-order valence-electron chi connectivity index (χ0n) is 10.8. The minimum Gasteiger partial charge on any atom is -0.376 e. The van der Waals surface area contributed by atoms with Crippen molar-refractivity contribution < 1.29 is 9.53 Å². The van der Waals surface area contributed by atoms with Crippen LogP contribution >= 0.6 is 11.8 Å². The van der Waals surface area contributed by atoms with E-state index in [2.05, 4.69) is 26.1 Å². The molecule has 0 aromatic heterocycles. The molecule has 1 aliphatic rings. The fourth-order valence-corrected chi connectivity index (χ4v) is 3.16. The summed E-state index contributed by atoms with van der Waals surface area (Å²) in [5, 5.41) is 3.00. The number of methoxy groups -OCH3 is 1. The summed E-state index contributed by atoms with van der Waals surface area (Å²) < 4.78 is 5.54. The Labute approximate surface area is 103 Å². The van der Waals surface area contributed by atoms with Gasteiger partial charge in [0.25, 0.3) is 0 Å². The standard InChI is InChI=1S/C12H23NO2S/c1-11(2,3)7-10(14)13-8-12(15-4)5-6-16-9-12/h5-9H2,1-4H3,(H,13,14). The van der Waals surface area contributed by atoms with E-state index in [1.165, 1.54) is 0 Å². The largest absolute Gasteiger partial charge is 0.376 e. The number of ether oxygens (including phenoxy) is 1. The van der Waals surface area contributed by atoms with Crippen LogP contribution < -0.4 is 5.32 Å². The molecular formula is C12H23NO2S. The number of carbonyl (C=O) groups is 1. The normalized spacial score (nSPS) is 25.8. The first-order valence-corrected chi connectivity index (χ1v) is 6.92. The lowest BCUT2D eigenvalue weighted by atomic mass is 9.92. The highest BCUT2D eigenvalue weighted by molar-refractivity contribution is 7.99. The summed E-state index contributed by atoms with van der Waals surface area (Å²) in [5.74, 6) is 2.24. The quantitative estimate of drug-likeness (QED) is 0.824. The van der Waals surface area contributed by atoms with Crippen LogP contribution in [0.25, 0.3) is 0 Å². The van der Waals surface area contributed by atoms with Gasteiger partial charge in [-0.2, -0.15) is 11.8 Å². The molecule has 1 unspecified atom stereocenters. The van der Waals surface area contributed by atoms with Crippen LogP contribution in [0.5, 0.6) is 0 Å². The minimum atomic E-state index is -0.127. The third-order valence-electron chi connectivity index (χ3n) is 2.80. The van der Waals surface area contributed by atoms with E-state index in [9.17, 15) is 4.79 Å². The zero-order chi connectivity index (χ0) is 12.2. The molecule has 0 aromatic rings. The van der Waals surface area contributed by atoms with E-state index in [1.807, 2.05) is 11.8 Å². The van der Waals surface area contributed by atoms with Crippen molar-refractivity contribution in [3.8, 4) is 0 Å². The van der Waals surface area contributed by atoms with E-state index < -0.39 is 0 Å². The highest BCUT2D eigenvalue weighted by Gasteiger charge is 2.34. The predicted octanol–water partition coefficient (Wildman–Crippen LogP) is 2.06. The Balaban J connectivity index is 2.35. The summed E-state index contributed by atoms with van der Waals surface area (Å²) in [4.78, 5) is 11.7. The van der Waals surface area contributed by atoms with Gasteiger partial charge >= 0.3 is 0 Å². The summed E-state index contributed by atoms with van der Waals surface area (Å²) in [6.45, 7) is 6.86. The van der Waals surface area contributed by atoms with Gasteiger partial charge in [-0.3, -0.25) is 4.79 Å². The van der Waals surface area contributed by atoms with Gasteiger partial charge in [-0.25, -0.2) is 0 Å². The van der Waals surface area contributed by atoms with Crippen molar-refractivity contribution >= 4 is 17.7 Å². The summed E-state index contributed by atoms with van der Waals surface area (Å²) in [5.41, 5.74) is -0.0764. The van der Waals surface area contributed by atoms with Crippen molar-refractivity contribution in [2.75, 3.05) is 25.2 Å². The predicted molar refractivity (Wildman–Crippen MR) is 68.8 cm³/mol. The number of rotatable bonds is 4. The first-order chi connectivity index (χ1) is 7.37. The fourth-order valence-electron chi connectivity index (χ4n) is 1.76. The monoisotopic (exact) mass is 245 g/mol. The first kappa shape index (κ1) is 13.8. The molecule has 0 bridgehead atoms. The van der Waals surface area contributed by atoms with Crippen LogP contribution in [-0.2, 0) is 9.53 Å². The summed E-state index contributed by atoms with van der Waals surface area (Å²) in [7, 11) is 1.74. The SMILES string of the molecule is COC1(CNC(=O)CC(C)(C)C)CCSC1. The summed E-state index contributed by atoms with van der Waals surface area (Å²) >= 11 is 1.89. The molecule has 0 spiro atoms. The van der Waals surface area contributed by atoms with Crippen molar-refractivity contribution in [3.63, 3.8) is 0 Å². The van der Waals surface area contributed by atoms with E-state index in [1.54, 1.807) is 7.11 Å². The molecule has 1 heterocycles. The zero-order valence-corrected chi connectivity index (χ0v) is 11.6. The second kappa shape index (κ2) is 5.41. The summed E-state index contributed by atoms with van der Waals surface area (Å²) in [6.07, 6.45) is 1.60. The molecule has 94 valence electrons. The molecule has 0 aliphatic carbocycles. The molecule has 1 N–H and O–H groups in total. The average Bonchev–Trinajstić information content (AvgIpc) is 2.61. The molecule has 3 nitrogen and oxygen atoms in total. The van der Waals surface area contributed by atoms with Crippen molar-refractivity contribution in [3.05, 3.63) is 0 Å². The van der Waals surface area contributed by atoms with E-state index in [-0.39, 0.29) is 16.9 Å². The first-order valence-electron chi connectivity index (χ1n) is 5.77. The lowest BCUT2D eigenvalue weighted by Gasteiger charge is -2.27. The third-order valence-corrected chi connectivity index (χ3v) is 4.02. The highest BCUT2D eigenvalue weighted by Crippen LogP contribution is 2.30. The number of thioether (sulfide) groups is 1. The smallest absolute Gasteiger partial charge is 0.220 e. The number of carbonyl (C=O) groups excluding carboxylic acids is 1. The van der Waals surface area contributed by atoms with Gasteiger partial charge in [0, 0.05) is 25.8 Å². The highest BCUT2D eigenvalue weighted by atomic mass is 32.2. The van der Waals surface area contributed by atoms with Gasteiger partial charge < -0.3 is 10.1 Å². The topological polar surface area (TPSA) is 38.3 Å². The van der Waals surface area contributed by atoms with Crippen LogP contribution in [0.2, 0.25) is 0 Å². The van der Waals surface area contributed by atoms with Gasteiger partial charge in [0.15, 0.2) is 0 Å². The Morgan fingerprint density at radius 1 is 1.50 bits per heavy atom. The molecule has 1 amide bonds. The molecule has 1 atom stereocenters. The molecule has 0 radical (unpaired) electrons. The van der Waals surface area contributed by atoms with E-state index in [0.29, 0.717) is 13.0 Å². The molecule has 1 aliphatic heterocycles. The van der Waals surface area contributed by atoms with Crippen molar-refractivity contribution in [2.45, 2.75) is 39.2 Å². The van der Waals surface area contributed by atoms with E-state index in [0.717, 1.165) is 17.9 Å². The number of hydrogen-bond donors (Lipinski definition) is 1. The summed E-state index contributed by atoms with van der Waals surface area (Å²) in [6, 6.07) is 0. The molecular weight excluding hydrogens is 222 g/mol. The minimum absolute atomic E-state index is 0.0503. The molecule has 16 heavy (non-hydrogen) atoms. The Kier molecular flexibility index (Phi) is 4.68. The second-order valence-electron chi connectivity index (χ2n) is 5.70. The van der Waals surface area contributed by atoms with E-state index in [4.69, 9.17) is 4.74 Å². The lowest BCUT2D eigenvalue weighted by Crippen LogP contribution is -2.45. The number of hydrogen-bond acceptors (Lipinski definition) is 3. The van der Waals surface area contributed by atoms with Gasteiger partial charge in [0.2, 0.25) is 5.91 Å². The van der Waals surface area contributed by atoms with Gasteiger partial charge in [-0.15, -0.1) is 0 Å². The molecule has 4 heteroatoms. The van der Waals surface area contributed by atoms with Crippen molar-refractivity contribution in [2.24, 2.45) is 5.41 Å². The van der Waals surface area contributed by atoms with E-state index >= 15 is 0 Å². The maximum absolute atomic E-state index is 11.7. The third kappa shape index (κ3) is 4.34. The Bertz CT molecular complexity index is 242. The van der Waals surface area contributed by atoms with Gasteiger partial charge in [-0.1, -0.05) is 20.8 Å². The van der Waals surface area contributed by atoms with Crippen molar-refractivity contribution in [1.29, 1.82) is 0 Å². The Morgan fingerprint density at radius 3 is 2.62 bits per heavy atom. The van der Waals surface area contributed by atoms with Crippen LogP contribution in [0.15, 0.2) is 0 Å². The Morgan fingerprint density at radius 2 is 2.19 bits per heavy atom. The van der Waals surface area contributed by atoms with Crippen LogP contribution in [0.1, 0.15) is 33.6 Å². The second-order valence-corrected chi connectivity index (χ2v) is 6.81. The van der Waals surface area contributed by atoms with Crippen molar-refractivity contribution in [1.82, 2.24) is 5.32 Å². The van der Waals surface area contributed by atoms with Crippen LogP contribution in [0.4, 0.5) is 0 Å². The van der Waals surface area contributed by atoms with Crippen LogP contribution in [-0.4, -0.2) is 36.7 Å². The molecule has 1 rings (SSSR count). The van der Waals surface area contributed by atoms with Gasteiger partial charge in [0.05, 0.1) is 5.60 Å². The van der Waals surface area contributed by atoms with Gasteiger partial charge in [0.1, 0.15) is 0 Å². The number of nitrogens with one attached hydrogen (secondary N) is 1. The maximum atomic E-state index is 11.7. The Hall–Kier alpha value is -0.220. The molecule has 1 fully saturated rings. The molecule has 0 aromatic carbocycles. The average molecular weight is 245 g/mol. The van der Waals surface area contributed by atoms with Crippen LogP contribution in [0, 0.1) is 5.41 Å². The molecule has 1 saturated heterocycles.